The molecule has 0 amide bonds. The van der Waals surface area contributed by atoms with E-state index < -0.39 is 10.4 Å². The summed E-state index contributed by atoms with van der Waals surface area (Å²) in [6.45, 7) is 3.13. The van der Waals surface area contributed by atoms with Gasteiger partial charge in [0, 0.05) is 26.2 Å². The van der Waals surface area contributed by atoms with Crippen LogP contribution in [0, 0.1) is 0 Å². The molecular weight excluding hydrogens is 198 g/mol. The van der Waals surface area contributed by atoms with Crippen LogP contribution in [-0.2, 0) is 14.6 Å². The second kappa shape index (κ2) is 9.84. The fourth-order valence-corrected chi connectivity index (χ4v) is 0.329. The molecule has 6 N–H and O–H groups in total. The van der Waals surface area contributed by atoms with Gasteiger partial charge in [-0.1, -0.05) is 0 Å². The minimum atomic E-state index is -4.16. The molecule has 0 unspecified atom stereocenters. The third-order valence-corrected chi connectivity index (χ3v) is 1.27. The monoisotopic (exact) mass is 215 g/mol. The normalized spacial score (nSPS) is 10.5. The molecule has 0 aromatic heterocycles. The summed E-state index contributed by atoms with van der Waals surface area (Å²) in [4.78, 5) is 0. The Hall–Kier alpha value is -0.250. The van der Waals surface area contributed by atoms with E-state index in [-0.39, 0.29) is 0 Å². The number of hydrogen-bond donors (Lipinski definition) is 4. The first-order valence-electron chi connectivity index (χ1n) is 3.61. The fourth-order valence-electron chi connectivity index (χ4n) is 0.329. The van der Waals surface area contributed by atoms with Crippen molar-refractivity contribution < 1.29 is 17.2 Å². The first-order valence-corrected chi connectivity index (χ1v) is 4.98. The molecular formula is C5H17N3O4S. The average Bonchev–Trinajstić information content (AvgIpc) is 2.06. The van der Waals surface area contributed by atoms with Crippen LogP contribution in [0.25, 0.3) is 0 Å². The van der Waals surface area contributed by atoms with E-state index in [4.69, 9.17) is 16.0 Å². The molecule has 0 aliphatic heterocycles. The third kappa shape index (κ3) is 24.5. The van der Waals surface area contributed by atoms with E-state index in [0.717, 1.165) is 20.2 Å². The predicted molar refractivity (Wildman–Crippen MR) is 49.5 cm³/mol. The molecule has 0 rings (SSSR count). The molecule has 0 atom stereocenters. The van der Waals surface area contributed by atoms with Gasteiger partial charge in [-0.2, -0.15) is 8.42 Å². The fraction of sp³-hybridized carbons (Fsp3) is 1.00. The van der Waals surface area contributed by atoms with Crippen molar-refractivity contribution in [1.29, 1.82) is 0 Å². The molecule has 0 radical (unpaired) electrons. The summed E-state index contributed by atoms with van der Waals surface area (Å²) in [5.74, 6) is 0. The highest BCUT2D eigenvalue weighted by Crippen LogP contribution is 1.74. The zero-order chi connectivity index (χ0) is 10.7. The van der Waals surface area contributed by atoms with Crippen molar-refractivity contribution in [3.8, 4) is 0 Å². The molecule has 0 saturated heterocycles. The van der Waals surface area contributed by atoms with E-state index in [1.54, 1.807) is 0 Å². The van der Waals surface area contributed by atoms with Crippen LogP contribution in [0.1, 0.15) is 0 Å². The van der Waals surface area contributed by atoms with Gasteiger partial charge in [0.1, 0.15) is 0 Å². The second-order valence-electron chi connectivity index (χ2n) is 1.92. The predicted octanol–water partition coefficient (Wildman–Crippen LogP) is -2.07. The Morgan fingerprint density at radius 3 is 1.77 bits per heavy atom. The molecule has 0 heterocycles. The Balaban J connectivity index is 0. The van der Waals surface area contributed by atoms with Gasteiger partial charge in [0.2, 0.25) is 0 Å². The van der Waals surface area contributed by atoms with Gasteiger partial charge in [0.05, 0.1) is 7.11 Å². The number of rotatable bonds is 5. The van der Waals surface area contributed by atoms with Gasteiger partial charge in [-0.3, -0.25) is 8.74 Å². The van der Waals surface area contributed by atoms with Crippen molar-refractivity contribution in [2.45, 2.75) is 0 Å². The minimum Gasteiger partial charge on any atom is -0.329 e. The topological polar surface area (TPSA) is 128 Å². The molecule has 0 saturated carbocycles. The van der Waals surface area contributed by atoms with Crippen LogP contribution in [0.5, 0.6) is 0 Å². The lowest BCUT2D eigenvalue weighted by Gasteiger charge is -1.95. The van der Waals surface area contributed by atoms with Crippen molar-refractivity contribution in [2.75, 3.05) is 33.3 Å². The molecule has 8 heteroatoms. The SMILES string of the molecule is COS(=O)(=O)O.NCCNCCN. The van der Waals surface area contributed by atoms with Crippen LogP contribution >= 0.6 is 0 Å². The molecule has 0 bridgehead atoms. The number of nitrogens with two attached hydrogens (primary N) is 2. The van der Waals surface area contributed by atoms with Gasteiger partial charge in [-0.15, -0.1) is 0 Å². The average molecular weight is 215 g/mol. The van der Waals surface area contributed by atoms with Crippen LogP contribution in [0.4, 0.5) is 0 Å². The number of hydrogen-bond acceptors (Lipinski definition) is 6. The Kier molecular flexibility index (Phi) is 11.5. The van der Waals surface area contributed by atoms with E-state index >= 15 is 0 Å². The lowest BCUT2D eigenvalue weighted by molar-refractivity contribution is 0.324. The maximum Gasteiger partial charge on any atom is 0.397 e. The summed E-state index contributed by atoms with van der Waals surface area (Å²) in [7, 11) is -3.29. The van der Waals surface area contributed by atoms with E-state index in [9.17, 15) is 8.42 Å². The molecule has 0 spiro atoms. The lowest BCUT2D eigenvalue weighted by Crippen LogP contribution is -2.27. The molecule has 0 aromatic rings. The van der Waals surface area contributed by atoms with E-state index in [2.05, 4.69) is 9.50 Å². The van der Waals surface area contributed by atoms with Crippen molar-refractivity contribution in [2.24, 2.45) is 11.5 Å². The van der Waals surface area contributed by atoms with Gasteiger partial charge in [-0.25, -0.2) is 0 Å². The van der Waals surface area contributed by atoms with Crippen molar-refractivity contribution in [1.82, 2.24) is 5.32 Å². The summed E-state index contributed by atoms with van der Waals surface area (Å²) >= 11 is 0. The quantitative estimate of drug-likeness (QED) is 0.306. The first-order chi connectivity index (χ1) is 5.97. The minimum absolute atomic E-state index is 0.694. The third-order valence-electron chi connectivity index (χ3n) is 0.853. The molecule has 0 aliphatic carbocycles. The Bertz CT molecular complexity index is 178. The largest absolute Gasteiger partial charge is 0.397 e. The number of nitrogens with one attached hydrogen (secondary N) is 1. The lowest BCUT2D eigenvalue weighted by atomic mass is 10.6. The van der Waals surface area contributed by atoms with Gasteiger partial charge < -0.3 is 16.8 Å². The zero-order valence-corrected chi connectivity index (χ0v) is 8.38. The molecule has 82 valence electrons. The summed E-state index contributed by atoms with van der Waals surface area (Å²) in [5.41, 5.74) is 10.3. The van der Waals surface area contributed by atoms with E-state index in [1.807, 2.05) is 0 Å². The van der Waals surface area contributed by atoms with Crippen LogP contribution in [0.3, 0.4) is 0 Å². The van der Waals surface area contributed by atoms with Crippen molar-refractivity contribution in [3.63, 3.8) is 0 Å². The maximum atomic E-state index is 9.33. The maximum absolute atomic E-state index is 9.33. The van der Waals surface area contributed by atoms with Crippen LogP contribution in [0.2, 0.25) is 0 Å². The van der Waals surface area contributed by atoms with Crippen LogP contribution in [0.15, 0.2) is 0 Å². The standard InChI is InChI=1S/C4H13N3.CH4O4S/c5-1-3-7-4-2-6;1-5-6(2,3)4/h7H,1-6H2;1H3,(H,2,3,4). The Labute approximate surface area is 78.4 Å². The second-order valence-corrected chi connectivity index (χ2v) is 3.11. The molecule has 13 heavy (non-hydrogen) atoms. The zero-order valence-electron chi connectivity index (χ0n) is 7.56. The van der Waals surface area contributed by atoms with Crippen LogP contribution in [-0.4, -0.2) is 46.3 Å². The van der Waals surface area contributed by atoms with E-state index in [1.165, 1.54) is 0 Å². The first kappa shape index (κ1) is 15.2. The Morgan fingerprint density at radius 2 is 1.62 bits per heavy atom. The summed E-state index contributed by atoms with van der Waals surface area (Å²) in [6.07, 6.45) is 0. The smallest absolute Gasteiger partial charge is 0.329 e. The molecule has 7 nitrogen and oxygen atoms in total. The summed E-state index contributed by atoms with van der Waals surface area (Å²) in [6, 6.07) is 0. The molecule has 0 fully saturated rings. The summed E-state index contributed by atoms with van der Waals surface area (Å²) < 4.78 is 29.7. The highest BCUT2D eigenvalue weighted by Gasteiger charge is 1.94. The van der Waals surface area contributed by atoms with Gasteiger partial charge in [-0.05, 0) is 0 Å². The van der Waals surface area contributed by atoms with Gasteiger partial charge in [0.15, 0.2) is 0 Å². The van der Waals surface area contributed by atoms with E-state index in [0.29, 0.717) is 13.1 Å². The Morgan fingerprint density at radius 1 is 1.31 bits per heavy atom. The van der Waals surface area contributed by atoms with Gasteiger partial charge >= 0.3 is 10.4 Å². The van der Waals surface area contributed by atoms with Crippen LogP contribution < -0.4 is 16.8 Å². The molecule has 0 aliphatic rings. The van der Waals surface area contributed by atoms with Gasteiger partial charge in [0.25, 0.3) is 0 Å². The van der Waals surface area contributed by atoms with Crippen molar-refractivity contribution in [3.05, 3.63) is 0 Å². The molecule has 0 aromatic carbocycles. The highest BCUT2D eigenvalue weighted by atomic mass is 32.3. The summed E-state index contributed by atoms with van der Waals surface area (Å²) in [5, 5.41) is 3.03. The highest BCUT2D eigenvalue weighted by molar-refractivity contribution is 7.80. The van der Waals surface area contributed by atoms with Crippen molar-refractivity contribution >= 4 is 10.4 Å².